The van der Waals surface area contributed by atoms with Gasteiger partial charge in [-0.15, -0.1) is 11.3 Å². The van der Waals surface area contributed by atoms with E-state index in [1.807, 2.05) is 36.4 Å². The average Bonchev–Trinajstić information content (AvgIpc) is 3.25. The van der Waals surface area contributed by atoms with Gasteiger partial charge in [0.2, 0.25) is 5.91 Å². The number of hydrogen-bond acceptors (Lipinski definition) is 6. The number of amides is 2. The van der Waals surface area contributed by atoms with Crippen molar-refractivity contribution in [3.05, 3.63) is 88.9 Å². The highest BCUT2D eigenvalue weighted by Crippen LogP contribution is 2.28. The van der Waals surface area contributed by atoms with Gasteiger partial charge in [-0.2, -0.15) is 0 Å². The third-order valence-electron chi connectivity index (χ3n) is 4.85. The molecule has 0 unspecified atom stereocenters. The lowest BCUT2D eigenvalue weighted by atomic mass is 10.1. The van der Waals surface area contributed by atoms with E-state index in [0.717, 1.165) is 31.9 Å². The molecule has 166 valence electrons. The van der Waals surface area contributed by atoms with Crippen LogP contribution in [0.1, 0.15) is 20.9 Å². The molecule has 33 heavy (non-hydrogen) atoms. The van der Waals surface area contributed by atoms with Gasteiger partial charge in [0.05, 0.1) is 16.6 Å². The van der Waals surface area contributed by atoms with Crippen LogP contribution in [-0.2, 0) is 27.4 Å². The Kier molecular flexibility index (Phi) is 7.19. The summed E-state index contributed by atoms with van der Waals surface area (Å²) in [6.07, 6.45) is 0.722. The van der Waals surface area contributed by atoms with Crippen LogP contribution in [0.5, 0.6) is 0 Å². The first-order valence-electron chi connectivity index (χ1n) is 10.3. The summed E-state index contributed by atoms with van der Waals surface area (Å²) in [6.45, 7) is 0.0546. The van der Waals surface area contributed by atoms with E-state index in [0.29, 0.717) is 11.8 Å². The lowest BCUT2D eigenvalue weighted by Crippen LogP contribution is -2.26. The zero-order valence-electron chi connectivity index (χ0n) is 17.6. The van der Waals surface area contributed by atoms with E-state index in [2.05, 4.69) is 34.0 Å². The number of aromatic nitrogens is 1. The van der Waals surface area contributed by atoms with E-state index in [1.54, 1.807) is 18.2 Å². The molecule has 0 saturated heterocycles. The Morgan fingerprint density at radius 2 is 1.82 bits per heavy atom. The van der Waals surface area contributed by atoms with Crippen molar-refractivity contribution in [3.63, 3.8) is 0 Å². The number of benzene rings is 3. The Morgan fingerprint density at radius 1 is 0.970 bits per heavy atom. The second kappa shape index (κ2) is 10.6. The molecule has 0 saturated carbocycles. The Balaban J connectivity index is 1.36. The standard InChI is InChI=1S/C25H21N3O4S/c29-11-12-32-28-25(31)20-8-4-5-17(13-20)16-26-23(30)15-24-27-21-10-9-19(14-22(21)33-24)18-6-2-1-3-7-18/h1-11,13-14H,12,15-16H2,(H,26,30)(H,28,31). The van der Waals surface area contributed by atoms with E-state index >= 15 is 0 Å². The number of hydrogen-bond donors (Lipinski definition) is 2. The van der Waals surface area contributed by atoms with Crippen LogP contribution in [0, 0.1) is 0 Å². The minimum absolute atomic E-state index is 0.151. The van der Waals surface area contributed by atoms with E-state index in [1.165, 1.54) is 11.3 Å². The van der Waals surface area contributed by atoms with Crippen molar-refractivity contribution >= 4 is 39.7 Å². The summed E-state index contributed by atoms with van der Waals surface area (Å²) in [4.78, 5) is 44.0. The van der Waals surface area contributed by atoms with Crippen LogP contribution in [0.4, 0.5) is 0 Å². The molecule has 0 atom stereocenters. The number of nitrogens with one attached hydrogen (secondary N) is 2. The molecule has 3 aromatic carbocycles. The summed E-state index contributed by atoms with van der Waals surface area (Å²) in [5.41, 5.74) is 6.45. The summed E-state index contributed by atoms with van der Waals surface area (Å²) >= 11 is 1.51. The molecule has 0 radical (unpaired) electrons. The first-order valence-corrected chi connectivity index (χ1v) is 11.1. The molecular formula is C25H21N3O4S. The van der Waals surface area contributed by atoms with Crippen LogP contribution in [0.15, 0.2) is 72.8 Å². The van der Waals surface area contributed by atoms with E-state index < -0.39 is 5.91 Å². The normalized spacial score (nSPS) is 10.7. The third kappa shape index (κ3) is 5.88. The Hall–Kier alpha value is -3.88. The van der Waals surface area contributed by atoms with Gasteiger partial charge in [0, 0.05) is 12.1 Å². The molecule has 0 spiro atoms. The van der Waals surface area contributed by atoms with Gasteiger partial charge in [-0.1, -0.05) is 48.5 Å². The fourth-order valence-corrected chi connectivity index (χ4v) is 4.29. The van der Waals surface area contributed by atoms with E-state index in [9.17, 15) is 14.4 Å². The van der Waals surface area contributed by atoms with Crippen molar-refractivity contribution in [2.24, 2.45) is 0 Å². The Labute approximate surface area is 194 Å². The summed E-state index contributed by atoms with van der Waals surface area (Å²) in [7, 11) is 0. The van der Waals surface area contributed by atoms with Crippen LogP contribution < -0.4 is 10.8 Å². The van der Waals surface area contributed by atoms with Crippen molar-refractivity contribution in [2.75, 3.05) is 6.61 Å². The maximum atomic E-state index is 12.5. The zero-order valence-corrected chi connectivity index (χ0v) is 18.4. The van der Waals surface area contributed by atoms with Gasteiger partial charge in [0.25, 0.3) is 5.91 Å². The van der Waals surface area contributed by atoms with Crippen LogP contribution in [-0.4, -0.2) is 29.7 Å². The Morgan fingerprint density at radius 3 is 2.64 bits per heavy atom. The maximum absolute atomic E-state index is 12.5. The van der Waals surface area contributed by atoms with Gasteiger partial charge in [-0.25, -0.2) is 10.5 Å². The van der Waals surface area contributed by atoms with Gasteiger partial charge in [-0.05, 0) is 41.0 Å². The SMILES string of the molecule is O=CCONC(=O)c1cccc(CNC(=O)Cc2nc3ccc(-c4ccccc4)cc3s2)c1. The predicted octanol–water partition coefficient (Wildman–Crippen LogP) is 3.68. The Bertz CT molecular complexity index is 1290. The van der Waals surface area contributed by atoms with Gasteiger partial charge in [0.15, 0.2) is 0 Å². The van der Waals surface area contributed by atoms with Crippen LogP contribution in [0.25, 0.3) is 21.3 Å². The van der Waals surface area contributed by atoms with Crippen molar-refractivity contribution < 1.29 is 19.2 Å². The fourth-order valence-electron chi connectivity index (χ4n) is 3.28. The molecule has 4 aromatic rings. The van der Waals surface area contributed by atoms with Crippen molar-refractivity contribution in [1.29, 1.82) is 0 Å². The zero-order chi connectivity index (χ0) is 23.0. The molecule has 7 nitrogen and oxygen atoms in total. The van der Waals surface area contributed by atoms with Gasteiger partial charge in [-0.3, -0.25) is 14.4 Å². The summed E-state index contributed by atoms with van der Waals surface area (Å²) in [6, 6.07) is 23.0. The quantitative estimate of drug-likeness (QED) is 0.226. The van der Waals surface area contributed by atoms with Gasteiger partial charge < -0.3 is 10.1 Å². The number of carbonyl (C=O) groups is 3. The third-order valence-corrected chi connectivity index (χ3v) is 5.86. The van der Waals surface area contributed by atoms with E-state index in [-0.39, 0.29) is 25.5 Å². The van der Waals surface area contributed by atoms with Crippen molar-refractivity contribution in [2.45, 2.75) is 13.0 Å². The molecule has 0 bridgehead atoms. The maximum Gasteiger partial charge on any atom is 0.274 e. The van der Waals surface area contributed by atoms with Gasteiger partial charge >= 0.3 is 0 Å². The molecular weight excluding hydrogens is 438 g/mol. The number of hydroxylamine groups is 1. The van der Waals surface area contributed by atoms with Crippen LogP contribution in [0.2, 0.25) is 0 Å². The second-order valence-corrected chi connectivity index (χ2v) is 8.33. The van der Waals surface area contributed by atoms with Gasteiger partial charge in [0.1, 0.15) is 17.9 Å². The number of carbonyl (C=O) groups excluding carboxylic acids is 3. The minimum Gasteiger partial charge on any atom is -0.352 e. The summed E-state index contributed by atoms with van der Waals surface area (Å²) in [5.74, 6) is -0.615. The molecule has 0 aliphatic carbocycles. The number of thiazole rings is 1. The molecule has 0 aliphatic heterocycles. The monoisotopic (exact) mass is 459 g/mol. The molecule has 0 fully saturated rings. The van der Waals surface area contributed by atoms with E-state index in [4.69, 9.17) is 4.84 Å². The van der Waals surface area contributed by atoms with Crippen LogP contribution in [0.3, 0.4) is 0 Å². The van der Waals surface area contributed by atoms with Crippen LogP contribution >= 0.6 is 11.3 Å². The highest BCUT2D eigenvalue weighted by atomic mass is 32.1. The summed E-state index contributed by atoms with van der Waals surface area (Å²) in [5, 5.41) is 3.61. The number of fused-ring (bicyclic) bond motifs is 1. The summed E-state index contributed by atoms with van der Waals surface area (Å²) < 4.78 is 1.04. The lowest BCUT2D eigenvalue weighted by Gasteiger charge is -2.07. The molecule has 1 aromatic heterocycles. The molecule has 1 heterocycles. The minimum atomic E-state index is -0.464. The molecule has 8 heteroatoms. The predicted molar refractivity (Wildman–Crippen MR) is 127 cm³/mol. The highest BCUT2D eigenvalue weighted by molar-refractivity contribution is 7.18. The smallest absolute Gasteiger partial charge is 0.274 e. The fraction of sp³-hybridized carbons (Fsp3) is 0.120. The average molecular weight is 460 g/mol. The largest absolute Gasteiger partial charge is 0.352 e. The highest BCUT2D eigenvalue weighted by Gasteiger charge is 2.11. The number of aldehydes is 1. The second-order valence-electron chi connectivity index (χ2n) is 7.22. The topological polar surface area (TPSA) is 97.4 Å². The first kappa shape index (κ1) is 22.3. The molecule has 4 rings (SSSR count). The number of rotatable bonds is 9. The lowest BCUT2D eigenvalue weighted by molar-refractivity contribution is -0.120. The molecule has 2 N–H and O–H groups in total. The van der Waals surface area contributed by atoms with Crippen molar-refractivity contribution in [1.82, 2.24) is 15.8 Å². The first-order chi connectivity index (χ1) is 16.1. The molecule has 2 amide bonds. The van der Waals surface area contributed by atoms with Crippen molar-refractivity contribution in [3.8, 4) is 11.1 Å². The number of nitrogens with zero attached hydrogens (tertiary/aromatic N) is 1. The molecule has 0 aliphatic rings.